The summed E-state index contributed by atoms with van der Waals surface area (Å²) >= 11 is 6.47. The Morgan fingerprint density at radius 3 is 2.47 bits per heavy atom. The first-order valence-corrected chi connectivity index (χ1v) is 12.8. The SMILES string of the molecule is C[C@@]1(C(=O)NC2CCCCCCC2)Cn2c(cc3ccccc32)C(=O)N1Cc1ccccc1Cl. The third kappa shape index (κ3) is 4.22. The topological polar surface area (TPSA) is 54.3 Å². The molecule has 2 heterocycles. The molecule has 1 aliphatic heterocycles. The summed E-state index contributed by atoms with van der Waals surface area (Å²) in [6, 6.07) is 17.6. The minimum absolute atomic E-state index is 0.0816. The van der Waals surface area contributed by atoms with Gasteiger partial charge in [-0.15, -0.1) is 0 Å². The highest BCUT2D eigenvalue weighted by molar-refractivity contribution is 6.31. The number of nitrogens with one attached hydrogen (secondary N) is 1. The van der Waals surface area contributed by atoms with Gasteiger partial charge in [0.15, 0.2) is 0 Å². The van der Waals surface area contributed by atoms with Crippen LogP contribution in [0.5, 0.6) is 0 Å². The molecule has 178 valence electrons. The third-order valence-electron chi connectivity index (χ3n) is 7.55. The van der Waals surface area contributed by atoms with E-state index in [2.05, 4.69) is 5.32 Å². The van der Waals surface area contributed by atoms with Crippen molar-refractivity contribution < 1.29 is 9.59 Å². The minimum atomic E-state index is -1.03. The molecule has 2 amide bonds. The van der Waals surface area contributed by atoms with E-state index in [-0.39, 0.29) is 24.4 Å². The fourth-order valence-electron chi connectivity index (χ4n) is 5.49. The van der Waals surface area contributed by atoms with Crippen molar-refractivity contribution in [3.05, 3.63) is 70.9 Å². The van der Waals surface area contributed by atoms with Crippen LogP contribution in [0.3, 0.4) is 0 Å². The van der Waals surface area contributed by atoms with E-state index < -0.39 is 5.54 Å². The second-order valence-electron chi connectivity index (χ2n) is 9.95. The molecule has 1 atom stereocenters. The molecule has 3 aromatic rings. The molecular weight excluding hydrogens is 446 g/mol. The fraction of sp³-hybridized carbons (Fsp3) is 0.429. The second-order valence-corrected chi connectivity index (χ2v) is 10.4. The van der Waals surface area contributed by atoms with Crippen molar-refractivity contribution in [1.82, 2.24) is 14.8 Å². The number of fused-ring (bicyclic) bond motifs is 3. The molecule has 0 radical (unpaired) electrons. The molecule has 1 aliphatic carbocycles. The number of benzene rings is 2. The first-order valence-electron chi connectivity index (χ1n) is 12.4. The summed E-state index contributed by atoms with van der Waals surface area (Å²) in [4.78, 5) is 29.6. The number of hydrogen-bond acceptors (Lipinski definition) is 2. The van der Waals surface area contributed by atoms with Crippen LogP contribution >= 0.6 is 11.6 Å². The molecule has 1 aromatic heterocycles. The first kappa shape index (κ1) is 23.0. The highest BCUT2D eigenvalue weighted by atomic mass is 35.5. The Morgan fingerprint density at radius 2 is 1.71 bits per heavy atom. The Balaban J connectivity index is 1.52. The predicted octanol–water partition coefficient (Wildman–Crippen LogP) is 5.94. The van der Waals surface area contributed by atoms with Gasteiger partial charge in [0.25, 0.3) is 5.91 Å². The molecule has 1 N–H and O–H groups in total. The summed E-state index contributed by atoms with van der Waals surface area (Å²) in [7, 11) is 0. The van der Waals surface area contributed by atoms with E-state index in [9.17, 15) is 9.59 Å². The fourth-order valence-corrected chi connectivity index (χ4v) is 5.69. The van der Waals surface area contributed by atoms with Crippen LogP contribution in [0, 0.1) is 0 Å². The van der Waals surface area contributed by atoms with Crippen LogP contribution in [0.15, 0.2) is 54.6 Å². The molecule has 6 heteroatoms. The Labute approximate surface area is 206 Å². The lowest BCUT2D eigenvalue weighted by Gasteiger charge is -2.45. The number of carbonyl (C=O) groups excluding carboxylic acids is 2. The van der Waals surface area contributed by atoms with Gasteiger partial charge in [0.2, 0.25) is 5.91 Å². The zero-order chi connectivity index (χ0) is 23.7. The van der Waals surface area contributed by atoms with Crippen molar-refractivity contribution in [2.45, 2.75) is 76.5 Å². The lowest BCUT2D eigenvalue weighted by atomic mass is 9.91. The van der Waals surface area contributed by atoms with Gasteiger partial charge >= 0.3 is 0 Å². The van der Waals surface area contributed by atoms with Gasteiger partial charge < -0.3 is 14.8 Å². The maximum atomic E-state index is 13.9. The average Bonchev–Trinajstić information content (AvgIpc) is 3.18. The molecule has 0 saturated heterocycles. The second kappa shape index (κ2) is 9.46. The van der Waals surface area contributed by atoms with Crippen molar-refractivity contribution in [1.29, 1.82) is 0 Å². The monoisotopic (exact) mass is 477 g/mol. The van der Waals surface area contributed by atoms with Crippen molar-refractivity contribution in [3.8, 4) is 0 Å². The molecule has 1 saturated carbocycles. The van der Waals surface area contributed by atoms with E-state index in [1.165, 1.54) is 19.3 Å². The third-order valence-corrected chi connectivity index (χ3v) is 7.92. The number of rotatable bonds is 4. The Morgan fingerprint density at radius 1 is 1.03 bits per heavy atom. The minimum Gasteiger partial charge on any atom is -0.351 e. The molecule has 0 spiro atoms. The lowest BCUT2D eigenvalue weighted by Crippen LogP contribution is -2.64. The van der Waals surface area contributed by atoms with Gasteiger partial charge in [-0.2, -0.15) is 0 Å². The molecule has 0 unspecified atom stereocenters. The predicted molar refractivity (Wildman–Crippen MR) is 136 cm³/mol. The number of amides is 2. The lowest BCUT2D eigenvalue weighted by molar-refractivity contribution is -0.134. The smallest absolute Gasteiger partial charge is 0.271 e. The zero-order valence-electron chi connectivity index (χ0n) is 19.7. The summed E-state index contributed by atoms with van der Waals surface area (Å²) in [5.74, 6) is -0.223. The van der Waals surface area contributed by atoms with Crippen LogP contribution in [0.4, 0.5) is 0 Å². The van der Waals surface area contributed by atoms with E-state index in [1.54, 1.807) is 4.90 Å². The number of carbonyl (C=O) groups is 2. The number of nitrogens with zero attached hydrogens (tertiary/aromatic N) is 2. The number of aromatic nitrogens is 1. The van der Waals surface area contributed by atoms with Crippen LogP contribution in [-0.2, 0) is 17.9 Å². The molecule has 1 fully saturated rings. The standard InChI is InChI=1S/C28H32ClN3O2/c1-28(27(34)30-22-13-5-3-2-4-6-14-22)19-31-24-16-10-8-11-20(24)17-25(31)26(33)32(28)18-21-12-7-9-15-23(21)29/h7-12,15-17,22H,2-6,13-14,18-19H2,1H3,(H,30,34)/t28-/m0/s1. The van der Waals surface area contributed by atoms with Gasteiger partial charge in [-0.05, 0) is 43.5 Å². The van der Waals surface area contributed by atoms with Crippen LogP contribution in [0.2, 0.25) is 5.02 Å². The van der Waals surface area contributed by atoms with E-state index in [0.29, 0.717) is 17.3 Å². The van der Waals surface area contributed by atoms with E-state index >= 15 is 0 Å². The Kier molecular flexibility index (Phi) is 6.39. The van der Waals surface area contributed by atoms with E-state index in [1.807, 2.05) is 66.1 Å². The van der Waals surface area contributed by atoms with Crippen LogP contribution in [-0.4, -0.2) is 32.9 Å². The normalized spacial score (nSPS) is 21.7. The van der Waals surface area contributed by atoms with Crippen LogP contribution < -0.4 is 5.32 Å². The zero-order valence-corrected chi connectivity index (χ0v) is 20.5. The molecule has 5 rings (SSSR count). The molecule has 0 bridgehead atoms. The molecule has 5 nitrogen and oxygen atoms in total. The highest BCUT2D eigenvalue weighted by Gasteiger charge is 2.48. The maximum absolute atomic E-state index is 13.9. The van der Waals surface area contributed by atoms with Gasteiger partial charge in [-0.1, -0.05) is 80.1 Å². The maximum Gasteiger partial charge on any atom is 0.271 e. The summed E-state index contributed by atoms with van der Waals surface area (Å²) in [6.07, 6.45) is 7.99. The quantitative estimate of drug-likeness (QED) is 0.505. The van der Waals surface area contributed by atoms with Crippen LogP contribution in [0.25, 0.3) is 10.9 Å². The Bertz CT molecular complexity index is 1210. The molecule has 2 aliphatic rings. The van der Waals surface area contributed by atoms with Gasteiger partial charge in [0.05, 0.1) is 6.54 Å². The largest absolute Gasteiger partial charge is 0.351 e. The summed E-state index contributed by atoms with van der Waals surface area (Å²) < 4.78 is 2.01. The van der Waals surface area contributed by atoms with E-state index in [0.717, 1.165) is 42.1 Å². The number of halogens is 1. The number of para-hydroxylation sites is 1. The Hall–Kier alpha value is -2.79. The number of hydrogen-bond donors (Lipinski definition) is 1. The summed E-state index contributed by atoms with van der Waals surface area (Å²) in [5, 5.41) is 4.95. The van der Waals surface area contributed by atoms with Crippen molar-refractivity contribution in [3.63, 3.8) is 0 Å². The van der Waals surface area contributed by atoms with Gasteiger partial charge in [0.1, 0.15) is 11.2 Å². The molecule has 2 aromatic carbocycles. The van der Waals surface area contributed by atoms with Crippen molar-refractivity contribution in [2.24, 2.45) is 0 Å². The van der Waals surface area contributed by atoms with Gasteiger partial charge in [-0.25, -0.2) is 0 Å². The van der Waals surface area contributed by atoms with E-state index in [4.69, 9.17) is 11.6 Å². The van der Waals surface area contributed by atoms with Crippen molar-refractivity contribution in [2.75, 3.05) is 0 Å². The summed E-state index contributed by atoms with van der Waals surface area (Å²) in [5.41, 5.74) is 1.40. The van der Waals surface area contributed by atoms with Gasteiger partial charge in [-0.3, -0.25) is 9.59 Å². The molecule has 34 heavy (non-hydrogen) atoms. The summed E-state index contributed by atoms with van der Waals surface area (Å²) in [6.45, 7) is 2.59. The molecular formula is C28H32ClN3O2. The average molecular weight is 478 g/mol. The first-order chi connectivity index (χ1) is 16.5. The van der Waals surface area contributed by atoms with Crippen LogP contribution in [0.1, 0.15) is 67.9 Å². The van der Waals surface area contributed by atoms with Gasteiger partial charge in [0, 0.05) is 28.5 Å². The highest BCUT2D eigenvalue weighted by Crippen LogP contribution is 2.34. The van der Waals surface area contributed by atoms with Crippen molar-refractivity contribution >= 4 is 34.3 Å².